The Morgan fingerprint density at radius 2 is 2.11 bits per heavy atom. The van der Waals surface area contributed by atoms with Gasteiger partial charge in [0.05, 0.1) is 5.56 Å². The number of carbonyl (C=O) groups is 1. The maximum absolute atomic E-state index is 10.9. The number of hydrogen-bond donors (Lipinski definition) is 1. The van der Waals surface area contributed by atoms with Gasteiger partial charge in [-0.2, -0.15) is 0 Å². The molecule has 94 valence electrons. The van der Waals surface area contributed by atoms with E-state index in [1.54, 1.807) is 24.4 Å². The number of oxazole rings is 1. The summed E-state index contributed by atoms with van der Waals surface area (Å²) < 4.78 is 5.54. The van der Waals surface area contributed by atoms with Crippen molar-refractivity contribution < 1.29 is 14.3 Å². The van der Waals surface area contributed by atoms with Crippen molar-refractivity contribution in [2.45, 2.75) is 0 Å². The van der Waals surface area contributed by atoms with Gasteiger partial charge in [0.2, 0.25) is 5.89 Å². The van der Waals surface area contributed by atoms with Crippen LogP contribution in [0.3, 0.4) is 0 Å². The van der Waals surface area contributed by atoms with Crippen molar-refractivity contribution in [1.29, 1.82) is 0 Å². The van der Waals surface area contributed by atoms with E-state index >= 15 is 0 Å². The summed E-state index contributed by atoms with van der Waals surface area (Å²) >= 11 is 5.80. The summed E-state index contributed by atoms with van der Waals surface area (Å²) in [6, 6.07) is 7.88. The molecule has 0 aliphatic rings. The Bertz CT molecular complexity index is 782. The molecule has 0 fully saturated rings. The van der Waals surface area contributed by atoms with E-state index in [4.69, 9.17) is 21.1 Å². The normalized spacial score (nSPS) is 10.8. The smallest absolute Gasteiger partial charge is 0.335 e. The molecule has 6 heteroatoms. The summed E-state index contributed by atoms with van der Waals surface area (Å²) in [7, 11) is 0. The van der Waals surface area contributed by atoms with Crippen LogP contribution in [-0.4, -0.2) is 21.0 Å². The molecule has 19 heavy (non-hydrogen) atoms. The summed E-state index contributed by atoms with van der Waals surface area (Å²) in [6.45, 7) is 0. The summed E-state index contributed by atoms with van der Waals surface area (Å²) in [5, 5.41) is 9.26. The Kier molecular flexibility index (Phi) is 2.68. The van der Waals surface area contributed by atoms with Crippen LogP contribution >= 0.6 is 11.6 Å². The van der Waals surface area contributed by atoms with Gasteiger partial charge in [-0.25, -0.2) is 14.8 Å². The Labute approximate surface area is 112 Å². The van der Waals surface area contributed by atoms with Gasteiger partial charge in [-0.3, -0.25) is 0 Å². The van der Waals surface area contributed by atoms with Crippen molar-refractivity contribution in [3.8, 4) is 11.5 Å². The zero-order chi connectivity index (χ0) is 13.4. The van der Waals surface area contributed by atoms with Crippen molar-refractivity contribution in [3.63, 3.8) is 0 Å². The fourth-order valence-corrected chi connectivity index (χ4v) is 1.89. The molecule has 0 atom stereocenters. The summed E-state index contributed by atoms with van der Waals surface area (Å²) in [5.74, 6) is -0.631. The largest absolute Gasteiger partial charge is 0.478 e. The van der Waals surface area contributed by atoms with Crippen LogP contribution in [0.4, 0.5) is 0 Å². The second-order valence-electron chi connectivity index (χ2n) is 3.87. The summed E-state index contributed by atoms with van der Waals surface area (Å²) in [4.78, 5) is 19.0. The molecule has 0 amide bonds. The predicted molar refractivity (Wildman–Crippen MR) is 69.2 cm³/mol. The third-order valence-electron chi connectivity index (χ3n) is 2.61. The maximum atomic E-state index is 10.9. The molecule has 0 radical (unpaired) electrons. The highest BCUT2D eigenvalue weighted by Crippen LogP contribution is 2.25. The quantitative estimate of drug-likeness (QED) is 0.726. The predicted octanol–water partition coefficient (Wildman–Crippen LogP) is 3.24. The lowest BCUT2D eigenvalue weighted by Gasteiger charge is -1.94. The average molecular weight is 275 g/mol. The number of halogens is 1. The van der Waals surface area contributed by atoms with E-state index in [1.165, 1.54) is 12.1 Å². The van der Waals surface area contributed by atoms with Crippen LogP contribution in [0.5, 0.6) is 0 Å². The number of benzene rings is 1. The van der Waals surface area contributed by atoms with E-state index in [9.17, 15) is 4.79 Å². The highest BCUT2D eigenvalue weighted by Gasteiger charge is 2.11. The van der Waals surface area contributed by atoms with Gasteiger partial charge in [0.1, 0.15) is 10.7 Å². The van der Waals surface area contributed by atoms with Crippen LogP contribution in [-0.2, 0) is 0 Å². The van der Waals surface area contributed by atoms with Crippen molar-refractivity contribution in [2.24, 2.45) is 0 Å². The number of pyridine rings is 1. The Morgan fingerprint density at radius 3 is 2.84 bits per heavy atom. The van der Waals surface area contributed by atoms with E-state index in [0.29, 0.717) is 27.7 Å². The van der Waals surface area contributed by atoms with Crippen LogP contribution in [0, 0.1) is 0 Å². The van der Waals surface area contributed by atoms with Crippen LogP contribution in [0.15, 0.2) is 40.9 Å². The molecule has 2 heterocycles. The van der Waals surface area contributed by atoms with Gasteiger partial charge in [0.15, 0.2) is 5.58 Å². The molecule has 0 unspecified atom stereocenters. The van der Waals surface area contributed by atoms with E-state index in [0.717, 1.165) is 0 Å². The van der Waals surface area contributed by atoms with Gasteiger partial charge < -0.3 is 9.52 Å². The molecular formula is C13H7ClN2O3. The van der Waals surface area contributed by atoms with Crippen LogP contribution in [0.25, 0.3) is 22.6 Å². The van der Waals surface area contributed by atoms with Crippen molar-refractivity contribution in [3.05, 3.63) is 47.2 Å². The third kappa shape index (κ3) is 2.15. The molecule has 1 N–H and O–H groups in total. The molecule has 5 nitrogen and oxygen atoms in total. The average Bonchev–Trinajstić information content (AvgIpc) is 2.81. The monoisotopic (exact) mass is 274 g/mol. The third-order valence-corrected chi connectivity index (χ3v) is 2.82. The molecule has 3 rings (SSSR count). The number of hydrogen-bond acceptors (Lipinski definition) is 4. The molecule has 3 aromatic rings. The van der Waals surface area contributed by atoms with Crippen molar-refractivity contribution in [2.75, 3.05) is 0 Å². The second-order valence-corrected chi connectivity index (χ2v) is 4.26. The molecule has 0 spiro atoms. The van der Waals surface area contributed by atoms with Gasteiger partial charge >= 0.3 is 5.97 Å². The molecule has 0 aliphatic carbocycles. The highest BCUT2D eigenvalue weighted by atomic mass is 35.5. The first-order chi connectivity index (χ1) is 9.13. The standard InChI is InChI=1S/C13H7ClN2O3/c14-11-6-7(3-4-15-11)12-16-9-2-1-8(13(17)18)5-10(9)19-12/h1-6H,(H,17,18). The number of rotatable bonds is 2. The minimum Gasteiger partial charge on any atom is -0.478 e. The first-order valence-electron chi connectivity index (χ1n) is 5.39. The lowest BCUT2D eigenvalue weighted by molar-refractivity contribution is 0.0697. The lowest BCUT2D eigenvalue weighted by Crippen LogP contribution is -1.94. The number of carboxylic acids is 1. The topological polar surface area (TPSA) is 76.2 Å². The van der Waals surface area contributed by atoms with Crippen LogP contribution in [0.1, 0.15) is 10.4 Å². The fraction of sp³-hybridized carbons (Fsp3) is 0. The first kappa shape index (κ1) is 11.7. The zero-order valence-electron chi connectivity index (χ0n) is 9.50. The lowest BCUT2D eigenvalue weighted by atomic mass is 10.2. The molecule has 1 aromatic carbocycles. The second kappa shape index (κ2) is 4.37. The molecule has 2 aromatic heterocycles. The number of nitrogens with zero attached hydrogens (tertiary/aromatic N) is 2. The molecule has 0 bridgehead atoms. The molecule has 0 saturated carbocycles. The van der Waals surface area contributed by atoms with E-state index in [1.807, 2.05) is 0 Å². The minimum atomic E-state index is -1.01. The van der Waals surface area contributed by atoms with Gasteiger partial charge in [0, 0.05) is 11.8 Å². The Hall–Kier alpha value is -2.40. The molecule has 0 saturated heterocycles. The number of aromatic carboxylic acids is 1. The van der Waals surface area contributed by atoms with E-state index < -0.39 is 5.97 Å². The molecule has 0 aliphatic heterocycles. The summed E-state index contributed by atoms with van der Waals surface area (Å²) in [5.41, 5.74) is 1.85. The highest BCUT2D eigenvalue weighted by molar-refractivity contribution is 6.29. The SMILES string of the molecule is O=C(O)c1ccc2nc(-c3ccnc(Cl)c3)oc2c1. The first-order valence-corrected chi connectivity index (χ1v) is 5.77. The van der Waals surface area contributed by atoms with Gasteiger partial charge in [0.25, 0.3) is 0 Å². The minimum absolute atomic E-state index is 0.156. The number of aromatic nitrogens is 2. The van der Waals surface area contributed by atoms with Crippen molar-refractivity contribution in [1.82, 2.24) is 9.97 Å². The Morgan fingerprint density at radius 1 is 1.26 bits per heavy atom. The number of carboxylic acid groups (broad SMARTS) is 1. The number of fused-ring (bicyclic) bond motifs is 1. The van der Waals surface area contributed by atoms with Gasteiger partial charge in [-0.1, -0.05) is 11.6 Å². The maximum Gasteiger partial charge on any atom is 0.335 e. The van der Waals surface area contributed by atoms with E-state index in [-0.39, 0.29) is 5.56 Å². The van der Waals surface area contributed by atoms with Crippen molar-refractivity contribution >= 4 is 28.7 Å². The van der Waals surface area contributed by atoms with Gasteiger partial charge in [-0.15, -0.1) is 0 Å². The van der Waals surface area contributed by atoms with Crippen LogP contribution in [0.2, 0.25) is 5.15 Å². The van der Waals surface area contributed by atoms with Gasteiger partial charge in [-0.05, 0) is 30.3 Å². The van der Waals surface area contributed by atoms with E-state index in [2.05, 4.69) is 9.97 Å². The van der Waals surface area contributed by atoms with Crippen LogP contribution < -0.4 is 0 Å². The fourth-order valence-electron chi connectivity index (χ4n) is 1.72. The Balaban J connectivity index is 2.14. The molecular weight excluding hydrogens is 268 g/mol. The zero-order valence-corrected chi connectivity index (χ0v) is 10.3. The summed E-state index contributed by atoms with van der Waals surface area (Å²) in [6.07, 6.45) is 1.55.